The molecule has 30 heavy (non-hydrogen) atoms. The molecule has 4 rings (SSSR count). The van der Waals surface area contributed by atoms with Crippen molar-refractivity contribution in [2.24, 2.45) is 34.5 Å². The monoisotopic (exact) mass is 408 g/mol. The first kappa shape index (κ1) is 23.6. The highest BCUT2D eigenvalue weighted by molar-refractivity contribution is 5.16. The van der Waals surface area contributed by atoms with Gasteiger partial charge >= 0.3 is 0 Å². The zero-order valence-corrected chi connectivity index (χ0v) is 20.6. The molecule has 0 bridgehead atoms. The molecule has 4 saturated carbocycles. The quantitative estimate of drug-likeness (QED) is 0.399. The fraction of sp³-hybridized carbons (Fsp3) is 0.733. The van der Waals surface area contributed by atoms with Crippen molar-refractivity contribution in [1.82, 2.24) is 0 Å². The van der Waals surface area contributed by atoms with Gasteiger partial charge in [-0.1, -0.05) is 62.5 Å². The van der Waals surface area contributed by atoms with Crippen molar-refractivity contribution >= 4 is 0 Å². The molecule has 0 aromatic heterocycles. The number of allylic oxidation sites excluding steroid dienone is 4. The summed E-state index contributed by atoms with van der Waals surface area (Å²) in [5, 5.41) is 0. The van der Waals surface area contributed by atoms with E-state index in [1.165, 1.54) is 99.3 Å². The van der Waals surface area contributed by atoms with Crippen LogP contribution in [0.15, 0.2) is 48.6 Å². The summed E-state index contributed by atoms with van der Waals surface area (Å²) in [5.41, 5.74) is 6.96. The minimum absolute atomic E-state index is 0.571. The van der Waals surface area contributed by atoms with Crippen LogP contribution in [0.1, 0.15) is 105 Å². The van der Waals surface area contributed by atoms with Gasteiger partial charge in [-0.05, 0) is 125 Å². The smallest absolute Gasteiger partial charge is 0.0146 e. The summed E-state index contributed by atoms with van der Waals surface area (Å²) >= 11 is 0. The van der Waals surface area contributed by atoms with Gasteiger partial charge in [0.2, 0.25) is 0 Å². The third-order valence-electron chi connectivity index (χ3n) is 9.72. The first-order chi connectivity index (χ1) is 14.1. The Hall–Kier alpha value is -1.04. The van der Waals surface area contributed by atoms with Gasteiger partial charge in [-0.2, -0.15) is 0 Å². The molecule has 0 heterocycles. The summed E-state index contributed by atoms with van der Waals surface area (Å²) < 4.78 is 0. The van der Waals surface area contributed by atoms with Crippen LogP contribution in [0.25, 0.3) is 0 Å². The molecule has 0 nitrogen and oxygen atoms in total. The molecule has 0 heteroatoms. The van der Waals surface area contributed by atoms with E-state index in [4.69, 9.17) is 0 Å². The van der Waals surface area contributed by atoms with Crippen LogP contribution < -0.4 is 0 Å². The van der Waals surface area contributed by atoms with Gasteiger partial charge in [0.25, 0.3) is 0 Å². The maximum atomic E-state index is 4.31. The van der Waals surface area contributed by atoms with Gasteiger partial charge in [-0.3, -0.25) is 0 Å². The lowest BCUT2D eigenvalue weighted by Gasteiger charge is -2.49. The molecular weight excluding hydrogens is 360 g/mol. The highest BCUT2D eigenvalue weighted by Crippen LogP contribution is 2.55. The van der Waals surface area contributed by atoms with Crippen molar-refractivity contribution < 1.29 is 0 Å². The summed E-state index contributed by atoms with van der Waals surface area (Å²) in [6.07, 6.45) is 16.2. The molecule has 6 atom stereocenters. The van der Waals surface area contributed by atoms with Gasteiger partial charge in [0.05, 0.1) is 0 Å². The summed E-state index contributed by atoms with van der Waals surface area (Å²) in [5.74, 6) is 3.08. The molecule has 4 fully saturated rings. The van der Waals surface area contributed by atoms with Crippen LogP contribution in [0, 0.1) is 34.5 Å². The van der Waals surface area contributed by atoms with Crippen LogP contribution in [0.2, 0.25) is 0 Å². The molecule has 0 spiro atoms. The first-order valence-corrected chi connectivity index (χ1v) is 12.7. The van der Waals surface area contributed by atoms with Crippen molar-refractivity contribution in [3.8, 4) is 0 Å². The molecule has 0 saturated heterocycles. The molecule has 0 radical (unpaired) electrons. The van der Waals surface area contributed by atoms with Crippen LogP contribution in [0.3, 0.4) is 0 Å². The fourth-order valence-corrected chi connectivity index (χ4v) is 7.33. The zero-order valence-electron chi connectivity index (χ0n) is 20.6. The molecule has 0 amide bonds. The number of hydrogen-bond donors (Lipinski definition) is 0. The van der Waals surface area contributed by atoms with Crippen molar-refractivity contribution in [2.45, 2.75) is 105 Å². The summed E-state index contributed by atoms with van der Waals surface area (Å²) in [6, 6.07) is 0. The molecule has 0 N–H and O–H groups in total. The fourth-order valence-electron chi connectivity index (χ4n) is 7.33. The van der Waals surface area contributed by atoms with E-state index < -0.39 is 0 Å². The normalized spacial score (nSPS) is 41.1. The van der Waals surface area contributed by atoms with Crippen LogP contribution in [0.4, 0.5) is 0 Å². The topological polar surface area (TPSA) is 0 Å². The summed E-state index contributed by atoms with van der Waals surface area (Å²) in [6.45, 7) is 26.2. The maximum absolute atomic E-state index is 4.31. The predicted octanol–water partition coefficient (Wildman–Crippen LogP) is 9.45. The molecule has 168 valence electrons. The van der Waals surface area contributed by atoms with Crippen molar-refractivity contribution in [3.05, 3.63) is 48.6 Å². The Labute approximate surface area is 188 Å². The van der Waals surface area contributed by atoms with E-state index in [-0.39, 0.29) is 0 Å². The number of hydrogen-bond acceptors (Lipinski definition) is 0. The minimum atomic E-state index is 0.571. The van der Waals surface area contributed by atoms with Gasteiger partial charge in [0.1, 0.15) is 0 Å². The second-order valence-corrected chi connectivity index (χ2v) is 12.1. The lowest BCUT2D eigenvalue weighted by molar-refractivity contribution is 0.0832. The van der Waals surface area contributed by atoms with Crippen molar-refractivity contribution in [3.63, 3.8) is 0 Å². The molecule has 4 aliphatic carbocycles. The highest BCUT2D eigenvalue weighted by Gasteiger charge is 2.43. The number of fused-ring (bicyclic) bond motifs is 2. The van der Waals surface area contributed by atoms with E-state index >= 15 is 0 Å². The van der Waals surface area contributed by atoms with Gasteiger partial charge in [-0.25, -0.2) is 0 Å². The van der Waals surface area contributed by atoms with Crippen LogP contribution >= 0.6 is 0 Å². The molecule has 0 aliphatic heterocycles. The minimum Gasteiger partial charge on any atom is -0.0999 e. The Kier molecular flexibility index (Phi) is 7.26. The Morgan fingerprint density at radius 3 is 1.40 bits per heavy atom. The Morgan fingerprint density at radius 1 is 0.700 bits per heavy atom. The van der Waals surface area contributed by atoms with E-state index in [1.54, 1.807) is 0 Å². The van der Waals surface area contributed by atoms with Crippen LogP contribution in [-0.4, -0.2) is 0 Å². The van der Waals surface area contributed by atoms with E-state index in [1.807, 2.05) is 0 Å². The Balaban J connectivity index is 0.000000171. The van der Waals surface area contributed by atoms with Crippen LogP contribution in [0.5, 0.6) is 0 Å². The van der Waals surface area contributed by atoms with Crippen LogP contribution in [-0.2, 0) is 0 Å². The third-order valence-corrected chi connectivity index (χ3v) is 9.72. The summed E-state index contributed by atoms with van der Waals surface area (Å²) in [7, 11) is 0. The molecule has 4 aliphatic rings. The standard InChI is InChI=1S/2C15H24/c2*1-11(2)13-7-9-15(4)8-5-6-12(3)14(15)10-13/h2*13-14H,1,3,5-10H2,2,4H3/t2*13-,14+,15-/m11/s1. The van der Waals surface area contributed by atoms with Gasteiger partial charge in [-0.15, -0.1) is 0 Å². The van der Waals surface area contributed by atoms with E-state index in [0.717, 1.165) is 23.7 Å². The average Bonchev–Trinajstić information content (AvgIpc) is 2.67. The van der Waals surface area contributed by atoms with E-state index in [0.29, 0.717) is 10.8 Å². The summed E-state index contributed by atoms with van der Waals surface area (Å²) in [4.78, 5) is 0. The lowest BCUT2D eigenvalue weighted by Crippen LogP contribution is -2.38. The van der Waals surface area contributed by atoms with E-state index in [2.05, 4.69) is 54.0 Å². The zero-order chi connectivity index (χ0) is 22.1. The molecule has 0 aromatic carbocycles. The van der Waals surface area contributed by atoms with Gasteiger partial charge in [0, 0.05) is 0 Å². The third kappa shape index (κ3) is 4.89. The van der Waals surface area contributed by atoms with E-state index in [9.17, 15) is 0 Å². The second-order valence-electron chi connectivity index (χ2n) is 12.1. The highest BCUT2D eigenvalue weighted by atomic mass is 14.5. The molecular formula is C30H48. The van der Waals surface area contributed by atoms with Crippen molar-refractivity contribution in [2.75, 3.05) is 0 Å². The first-order valence-electron chi connectivity index (χ1n) is 12.7. The predicted molar refractivity (Wildman–Crippen MR) is 133 cm³/mol. The largest absolute Gasteiger partial charge is 0.0999 e. The lowest BCUT2D eigenvalue weighted by atomic mass is 9.56. The van der Waals surface area contributed by atoms with Crippen molar-refractivity contribution in [1.29, 1.82) is 0 Å². The SMILES string of the molecule is C=C(C)[C@@H]1CC[C@@]2(C)CCCC(=C)[C@@H]2C1.C=C(C)[C@@H]1CC[C@@]2(C)CCCC(=C)[C@@H]2C1. The second kappa shape index (κ2) is 9.22. The maximum Gasteiger partial charge on any atom is -0.0146 e. The van der Waals surface area contributed by atoms with Gasteiger partial charge in [0.15, 0.2) is 0 Å². The Bertz CT molecular complexity index is 633. The molecule has 0 aromatic rings. The average molecular weight is 409 g/mol. The number of rotatable bonds is 2. The Morgan fingerprint density at radius 2 is 1.07 bits per heavy atom. The van der Waals surface area contributed by atoms with Gasteiger partial charge < -0.3 is 0 Å². The molecule has 0 unspecified atom stereocenters.